The summed E-state index contributed by atoms with van der Waals surface area (Å²) < 4.78 is 5.54. The largest absolute Gasteiger partial charge is 0.393 e. The molecule has 23 heavy (non-hydrogen) atoms. The number of likely N-dealkylation sites (tertiary alicyclic amines) is 1. The second-order valence-electron chi connectivity index (χ2n) is 6.75. The summed E-state index contributed by atoms with van der Waals surface area (Å²) in [5.41, 5.74) is 2.03. The van der Waals surface area contributed by atoms with Gasteiger partial charge in [-0.25, -0.2) is 0 Å². The van der Waals surface area contributed by atoms with Crippen LogP contribution < -0.4 is 0 Å². The van der Waals surface area contributed by atoms with Crippen LogP contribution in [0.3, 0.4) is 0 Å². The summed E-state index contributed by atoms with van der Waals surface area (Å²) in [4.78, 5) is 14.8. The lowest BCUT2D eigenvalue weighted by atomic mass is 9.89. The molecule has 2 heterocycles. The number of benzene rings is 1. The number of hydrogen-bond acceptors (Lipinski definition) is 3. The van der Waals surface area contributed by atoms with Gasteiger partial charge in [-0.15, -0.1) is 0 Å². The number of carbonyl (C=O) groups excluding carboxylic acids is 1. The van der Waals surface area contributed by atoms with Gasteiger partial charge in [0, 0.05) is 30.7 Å². The highest BCUT2D eigenvalue weighted by Gasteiger charge is 2.39. The Bertz CT molecular complexity index is 528. The average Bonchev–Trinajstić information content (AvgIpc) is 3.05. The van der Waals surface area contributed by atoms with Crippen LogP contribution in [0.5, 0.6) is 0 Å². The topological polar surface area (TPSA) is 49.8 Å². The van der Waals surface area contributed by atoms with Crippen molar-refractivity contribution < 1.29 is 14.6 Å². The smallest absolute Gasteiger partial charge is 0.254 e. The van der Waals surface area contributed by atoms with Gasteiger partial charge in [-0.05, 0) is 43.4 Å². The maximum atomic E-state index is 12.9. The van der Waals surface area contributed by atoms with Gasteiger partial charge in [0.25, 0.3) is 5.91 Å². The van der Waals surface area contributed by atoms with Crippen LogP contribution in [0.2, 0.25) is 0 Å². The third-order valence-electron chi connectivity index (χ3n) is 5.16. The fraction of sp³-hybridized carbons (Fsp3) is 0.632. The molecule has 0 aromatic heterocycles. The van der Waals surface area contributed by atoms with Crippen LogP contribution in [0.15, 0.2) is 24.3 Å². The molecule has 0 unspecified atom stereocenters. The number of carbonyl (C=O) groups is 1. The van der Waals surface area contributed by atoms with Gasteiger partial charge in [-0.2, -0.15) is 0 Å². The van der Waals surface area contributed by atoms with Gasteiger partial charge in [0.2, 0.25) is 0 Å². The summed E-state index contributed by atoms with van der Waals surface area (Å²) in [6.45, 7) is 4.12. The Morgan fingerprint density at radius 3 is 2.78 bits per heavy atom. The second kappa shape index (κ2) is 7.45. The summed E-state index contributed by atoms with van der Waals surface area (Å²) in [6, 6.07) is 8.10. The SMILES string of the molecule is CCCc1ccc(C(=O)N2CCC[C@@H]2[C@H]2COCC[C@H]2O)cc1. The normalized spacial score (nSPS) is 28.1. The molecule has 126 valence electrons. The standard InChI is InChI=1S/C19H27NO3/c1-2-4-14-6-8-15(9-7-14)19(22)20-11-3-5-17(20)16-13-23-12-10-18(16)21/h6-9,16-18,21H,2-5,10-13H2,1H3/t16-,17-,18-/m1/s1. The molecule has 0 radical (unpaired) electrons. The second-order valence-corrected chi connectivity index (χ2v) is 6.75. The third kappa shape index (κ3) is 3.59. The molecule has 2 aliphatic rings. The third-order valence-corrected chi connectivity index (χ3v) is 5.16. The molecule has 0 saturated carbocycles. The molecule has 3 rings (SSSR count). The Hall–Kier alpha value is -1.39. The Labute approximate surface area is 138 Å². The molecule has 1 aromatic carbocycles. The first-order chi connectivity index (χ1) is 11.2. The molecule has 0 bridgehead atoms. The van der Waals surface area contributed by atoms with E-state index in [1.165, 1.54) is 5.56 Å². The first-order valence-corrected chi connectivity index (χ1v) is 8.86. The fourth-order valence-corrected chi connectivity index (χ4v) is 3.87. The number of amides is 1. The highest BCUT2D eigenvalue weighted by molar-refractivity contribution is 5.94. The molecule has 2 saturated heterocycles. The molecule has 0 spiro atoms. The Kier molecular flexibility index (Phi) is 5.34. The van der Waals surface area contributed by atoms with Gasteiger partial charge in [0.05, 0.1) is 12.7 Å². The van der Waals surface area contributed by atoms with E-state index in [0.29, 0.717) is 19.6 Å². The maximum absolute atomic E-state index is 12.9. The molecule has 1 N–H and O–H groups in total. The molecule has 0 aliphatic carbocycles. The highest BCUT2D eigenvalue weighted by Crippen LogP contribution is 2.31. The minimum atomic E-state index is -0.353. The average molecular weight is 317 g/mol. The molecular weight excluding hydrogens is 290 g/mol. The minimum Gasteiger partial charge on any atom is -0.393 e. The zero-order chi connectivity index (χ0) is 16.2. The molecule has 2 aliphatic heterocycles. The Morgan fingerprint density at radius 2 is 2.09 bits per heavy atom. The van der Waals surface area contributed by atoms with Crippen molar-refractivity contribution in [3.63, 3.8) is 0 Å². The molecular formula is C19H27NO3. The van der Waals surface area contributed by atoms with E-state index in [9.17, 15) is 9.90 Å². The van der Waals surface area contributed by atoms with Crippen molar-refractivity contribution in [1.29, 1.82) is 0 Å². The first kappa shape index (κ1) is 16.5. The van der Waals surface area contributed by atoms with Gasteiger partial charge in [-0.1, -0.05) is 25.5 Å². The summed E-state index contributed by atoms with van der Waals surface area (Å²) in [5, 5.41) is 10.3. The van der Waals surface area contributed by atoms with E-state index < -0.39 is 0 Å². The lowest BCUT2D eigenvalue weighted by Crippen LogP contribution is -2.48. The van der Waals surface area contributed by atoms with Gasteiger partial charge < -0.3 is 14.7 Å². The van der Waals surface area contributed by atoms with Crippen molar-refractivity contribution >= 4 is 5.91 Å². The van der Waals surface area contributed by atoms with Crippen molar-refractivity contribution in [2.45, 2.75) is 51.2 Å². The predicted molar refractivity (Wildman–Crippen MR) is 89.4 cm³/mol. The molecule has 1 amide bonds. The van der Waals surface area contributed by atoms with E-state index in [0.717, 1.165) is 37.8 Å². The number of aliphatic hydroxyl groups is 1. The monoisotopic (exact) mass is 317 g/mol. The number of aryl methyl sites for hydroxylation is 1. The minimum absolute atomic E-state index is 0.0505. The van der Waals surface area contributed by atoms with Crippen LogP contribution in [0.1, 0.15) is 48.5 Å². The number of ether oxygens (including phenoxy) is 1. The van der Waals surface area contributed by atoms with Crippen molar-refractivity contribution in [2.75, 3.05) is 19.8 Å². The van der Waals surface area contributed by atoms with E-state index >= 15 is 0 Å². The Morgan fingerprint density at radius 1 is 1.30 bits per heavy atom. The first-order valence-electron chi connectivity index (χ1n) is 8.86. The fourth-order valence-electron chi connectivity index (χ4n) is 3.87. The van der Waals surface area contributed by atoms with Gasteiger partial charge in [0.1, 0.15) is 0 Å². The molecule has 4 nitrogen and oxygen atoms in total. The van der Waals surface area contributed by atoms with E-state index in [1.54, 1.807) is 0 Å². The molecule has 4 heteroatoms. The van der Waals surface area contributed by atoms with Crippen molar-refractivity contribution in [2.24, 2.45) is 5.92 Å². The lowest BCUT2D eigenvalue weighted by molar-refractivity contribution is -0.0589. The summed E-state index contributed by atoms with van der Waals surface area (Å²) >= 11 is 0. The number of aliphatic hydroxyl groups excluding tert-OH is 1. The van der Waals surface area contributed by atoms with Crippen LogP contribution in [0.4, 0.5) is 0 Å². The quantitative estimate of drug-likeness (QED) is 0.929. The van der Waals surface area contributed by atoms with Crippen molar-refractivity contribution in [1.82, 2.24) is 4.90 Å². The van der Waals surface area contributed by atoms with E-state index in [2.05, 4.69) is 19.1 Å². The van der Waals surface area contributed by atoms with E-state index in [-0.39, 0.29) is 24.0 Å². The van der Waals surface area contributed by atoms with E-state index in [4.69, 9.17) is 4.74 Å². The van der Waals surface area contributed by atoms with Gasteiger partial charge >= 0.3 is 0 Å². The maximum Gasteiger partial charge on any atom is 0.254 e. The van der Waals surface area contributed by atoms with Gasteiger partial charge in [0.15, 0.2) is 0 Å². The summed E-state index contributed by atoms with van der Waals surface area (Å²) in [5.74, 6) is 0.142. The zero-order valence-corrected chi connectivity index (χ0v) is 13.9. The van der Waals surface area contributed by atoms with Crippen LogP contribution in [0.25, 0.3) is 0 Å². The number of rotatable bonds is 4. The van der Waals surface area contributed by atoms with Crippen LogP contribution >= 0.6 is 0 Å². The highest BCUT2D eigenvalue weighted by atomic mass is 16.5. The molecule has 1 aromatic rings. The number of hydrogen-bond donors (Lipinski definition) is 1. The predicted octanol–water partition coefficient (Wildman–Crippen LogP) is 2.64. The summed E-state index contributed by atoms with van der Waals surface area (Å²) in [6.07, 6.45) is 4.45. The molecule has 2 fully saturated rings. The summed E-state index contributed by atoms with van der Waals surface area (Å²) in [7, 11) is 0. The van der Waals surface area contributed by atoms with E-state index in [1.807, 2.05) is 17.0 Å². The van der Waals surface area contributed by atoms with Crippen LogP contribution in [0, 0.1) is 5.92 Å². The van der Waals surface area contributed by atoms with Crippen molar-refractivity contribution in [3.05, 3.63) is 35.4 Å². The van der Waals surface area contributed by atoms with Crippen molar-refractivity contribution in [3.8, 4) is 0 Å². The van der Waals surface area contributed by atoms with Gasteiger partial charge in [-0.3, -0.25) is 4.79 Å². The zero-order valence-electron chi connectivity index (χ0n) is 13.9. The Balaban J connectivity index is 1.72. The molecule has 3 atom stereocenters. The van der Waals surface area contributed by atoms with Crippen LogP contribution in [-0.4, -0.2) is 47.8 Å². The lowest BCUT2D eigenvalue weighted by Gasteiger charge is -2.37. The number of nitrogens with zero attached hydrogens (tertiary/aromatic N) is 1. The van der Waals surface area contributed by atoms with Crippen LogP contribution in [-0.2, 0) is 11.2 Å².